The molecule has 0 amide bonds. The second kappa shape index (κ2) is 5.98. The Bertz CT molecular complexity index is 668. The van der Waals surface area contributed by atoms with E-state index in [4.69, 9.17) is 22.9 Å². The first kappa shape index (κ1) is 14.3. The van der Waals surface area contributed by atoms with Gasteiger partial charge in [-0.1, -0.05) is 43.8 Å². The van der Waals surface area contributed by atoms with E-state index in [1.54, 1.807) is 0 Å². The summed E-state index contributed by atoms with van der Waals surface area (Å²) in [6, 6.07) is 10.2. The van der Waals surface area contributed by atoms with Crippen molar-refractivity contribution in [2.24, 2.45) is 11.7 Å². The van der Waals surface area contributed by atoms with Crippen LogP contribution in [0.25, 0.3) is 10.9 Å². The van der Waals surface area contributed by atoms with Gasteiger partial charge in [-0.3, -0.25) is 0 Å². The second-order valence-electron chi connectivity index (χ2n) is 5.81. The molecule has 0 radical (unpaired) electrons. The molecular formula is C17H21N3S. The lowest BCUT2D eigenvalue weighted by Gasteiger charge is -2.21. The fourth-order valence-corrected chi connectivity index (χ4v) is 3.35. The van der Waals surface area contributed by atoms with Gasteiger partial charge in [-0.05, 0) is 30.9 Å². The van der Waals surface area contributed by atoms with Gasteiger partial charge in [0.1, 0.15) is 10.8 Å². The molecule has 1 saturated heterocycles. The van der Waals surface area contributed by atoms with Crippen LogP contribution >= 0.6 is 12.2 Å². The smallest absolute Gasteiger partial charge is 0.139 e. The van der Waals surface area contributed by atoms with Gasteiger partial charge in [-0.2, -0.15) is 0 Å². The quantitative estimate of drug-likeness (QED) is 0.878. The van der Waals surface area contributed by atoms with Gasteiger partial charge in [-0.25, -0.2) is 4.98 Å². The predicted molar refractivity (Wildman–Crippen MR) is 92.9 cm³/mol. The van der Waals surface area contributed by atoms with Crippen LogP contribution in [0.4, 0.5) is 5.82 Å². The molecule has 3 rings (SSSR count). The number of hydrogen-bond donors (Lipinski definition) is 1. The number of anilines is 1. The number of aromatic nitrogens is 1. The molecule has 0 aliphatic carbocycles. The molecule has 0 spiro atoms. The highest BCUT2D eigenvalue weighted by Crippen LogP contribution is 2.29. The van der Waals surface area contributed by atoms with Crippen LogP contribution in [0.5, 0.6) is 0 Å². The third kappa shape index (κ3) is 2.86. The van der Waals surface area contributed by atoms with Gasteiger partial charge in [0.15, 0.2) is 0 Å². The summed E-state index contributed by atoms with van der Waals surface area (Å²) in [5, 5.41) is 1.09. The van der Waals surface area contributed by atoms with Gasteiger partial charge in [-0.15, -0.1) is 0 Å². The van der Waals surface area contributed by atoms with Crippen molar-refractivity contribution in [1.82, 2.24) is 4.98 Å². The number of hydrogen-bond acceptors (Lipinski definition) is 3. The highest BCUT2D eigenvalue weighted by Gasteiger charge is 2.25. The first-order valence-corrected chi connectivity index (χ1v) is 8.04. The van der Waals surface area contributed by atoms with Gasteiger partial charge in [0.05, 0.1) is 11.1 Å². The van der Waals surface area contributed by atoms with E-state index in [2.05, 4.69) is 24.0 Å². The Labute approximate surface area is 131 Å². The number of para-hydroxylation sites is 1. The van der Waals surface area contributed by atoms with Crippen molar-refractivity contribution in [1.29, 1.82) is 0 Å². The lowest BCUT2D eigenvalue weighted by molar-refractivity contribution is 0.529. The van der Waals surface area contributed by atoms with Crippen LogP contribution in [-0.2, 0) is 0 Å². The summed E-state index contributed by atoms with van der Waals surface area (Å²) >= 11 is 5.24. The van der Waals surface area contributed by atoms with Crippen LogP contribution < -0.4 is 10.6 Å². The highest BCUT2D eigenvalue weighted by molar-refractivity contribution is 7.80. The number of nitrogens with two attached hydrogens (primary N) is 1. The van der Waals surface area contributed by atoms with Crippen molar-refractivity contribution in [2.45, 2.75) is 26.2 Å². The minimum absolute atomic E-state index is 0.433. The first-order chi connectivity index (χ1) is 10.2. The molecule has 2 N–H and O–H groups in total. The van der Waals surface area contributed by atoms with Gasteiger partial charge in [0, 0.05) is 18.5 Å². The molecule has 3 nitrogen and oxygen atoms in total. The zero-order chi connectivity index (χ0) is 14.8. The SMILES string of the molecule is CCCC1CCN(c2nc3ccccc3cc2C(N)=S)C1. The summed E-state index contributed by atoms with van der Waals surface area (Å²) in [4.78, 5) is 7.61. The molecule has 0 saturated carbocycles. The lowest BCUT2D eigenvalue weighted by atomic mass is 10.0. The molecular weight excluding hydrogens is 278 g/mol. The maximum atomic E-state index is 5.93. The topological polar surface area (TPSA) is 42.2 Å². The zero-order valence-electron chi connectivity index (χ0n) is 12.4. The summed E-state index contributed by atoms with van der Waals surface area (Å²) in [5.74, 6) is 1.72. The van der Waals surface area contributed by atoms with E-state index < -0.39 is 0 Å². The van der Waals surface area contributed by atoms with Crippen molar-refractivity contribution in [2.75, 3.05) is 18.0 Å². The molecule has 0 bridgehead atoms. The van der Waals surface area contributed by atoms with Crippen molar-refractivity contribution in [3.05, 3.63) is 35.9 Å². The summed E-state index contributed by atoms with van der Waals surface area (Å²) in [6.45, 7) is 4.36. The molecule has 1 atom stereocenters. The third-order valence-corrected chi connectivity index (χ3v) is 4.47. The standard InChI is InChI=1S/C17H21N3S/c1-2-5-12-8-9-20(11-12)17-14(16(18)21)10-13-6-3-4-7-15(13)19-17/h3-4,6-7,10,12H,2,5,8-9,11H2,1H3,(H2,18,21). The Morgan fingerprint density at radius 1 is 1.43 bits per heavy atom. The summed E-state index contributed by atoms with van der Waals surface area (Å²) in [5.41, 5.74) is 7.84. The molecule has 1 aromatic heterocycles. The number of pyridine rings is 1. The van der Waals surface area contributed by atoms with Crippen molar-refractivity contribution < 1.29 is 0 Å². The Kier molecular flexibility index (Phi) is 4.06. The van der Waals surface area contributed by atoms with Crippen molar-refractivity contribution in [3.8, 4) is 0 Å². The molecule has 1 aromatic carbocycles. The second-order valence-corrected chi connectivity index (χ2v) is 6.25. The monoisotopic (exact) mass is 299 g/mol. The molecule has 1 fully saturated rings. The fraction of sp³-hybridized carbons (Fsp3) is 0.412. The summed E-state index contributed by atoms with van der Waals surface area (Å²) < 4.78 is 0. The van der Waals surface area contributed by atoms with Gasteiger partial charge in [0.2, 0.25) is 0 Å². The number of nitrogens with zero attached hydrogens (tertiary/aromatic N) is 2. The highest BCUT2D eigenvalue weighted by atomic mass is 32.1. The van der Waals surface area contributed by atoms with Gasteiger partial charge < -0.3 is 10.6 Å². The largest absolute Gasteiger partial charge is 0.389 e. The molecule has 2 heterocycles. The molecule has 21 heavy (non-hydrogen) atoms. The Balaban J connectivity index is 2.00. The lowest BCUT2D eigenvalue weighted by Crippen LogP contribution is -2.25. The van der Waals surface area contributed by atoms with E-state index in [0.717, 1.165) is 41.3 Å². The van der Waals surface area contributed by atoms with Crippen LogP contribution in [0.15, 0.2) is 30.3 Å². The zero-order valence-corrected chi connectivity index (χ0v) is 13.2. The van der Waals surface area contributed by atoms with Crippen molar-refractivity contribution in [3.63, 3.8) is 0 Å². The third-order valence-electron chi connectivity index (χ3n) is 4.25. The number of benzene rings is 1. The number of rotatable bonds is 4. The Morgan fingerprint density at radius 2 is 2.24 bits per heavy atom. The van der Waals surface area contributed by atoms with Crippen molar-refractivity contribution >= 4 is 33.9 Å². The van der Waals surface area contributed by atoms with Crippen LogP contribution in [0.1, 0.15) is 31.7 Å². The number of thiocarbonyl (C=S) groups is 1. The molecule has 1 aliphatic rings. The maximum Gasteiger partial charge on any atom is 0.139 e. The average molecular weight is 299 g/mol. The van der Waals surface area contributed by atoms with Crippen LogP contribution in [-0.4, -0.2) is 23.1 Å². The maximum absolute atomic E-state index is 5.93. The normalized spacial score (nSPS) is 18.3. The van der Waals surface area contributed by atoms with E-state index >= 15 is 0 Å². The van der Waals surface area contributed by atoms with Gasteiger partial charge in [0.25, 0.3) is 0 Å². The Hall–Kier alpha value is -1.68. The first-order valence-electron chi connectivity index (χ1n) is 7.63. The fourth-order valence-electron chi connectivity index (χ4n) is 3.20. The van der Waals surface area contributed by atoms with Gasteiger partial charge >= 0.3 is 0 Å². The molecule has 1 aliphatic heterocycles. The van der Waals surface area contributed by atoms with E-state index in [-0.39, 0.29) is 0 Å². The van der Waals surface area contributed by atoms with Crippen LogP contribution in [0.3, 0.4) is 0 Å². The molecule has 2 aromatic rings. The average Bonchev–Trinajstić information content (AvgIpc) is 2.94. The number of fused-ring (bicyclic) bond motifs is 1. The van der Waals surface area contributed by atoms with E-state index in [1.807, 2.05) is 18.2 Å². The van der Waals surface area contributed by atoms with E-state index in [1.165, 1.54) is 19.3 Å². The minimum atomic E-state index is 0.433. The minimum Gasteiger partial charge on any atom is -0.389 e. The molecule has 110 valence electrons. The van der Waals surface area contributed by atoms with Crippen LogP contribution in [0, 0.1) is 5.92 Å². The Morgan fingerprint density at radius 3 is 3.00 bits per heavy atom. The van der Waals surface area contributed by atoms with Crippen LogP contribution in [0.2, 0.25) is 0 Å². The molecule has 1 unspecified atom stereocenters. The molecule has 4 heteroatoms. The predicted octanol–water partition coefficient (Wildman–Crippen LogP) is 3.50. The summed E-state index contributed by atoms with van der Waals surface area (Å²) in [6.07, 6.45) is 3.76. The van der Waals surface area contributed by atoms with E-state index in [0.29, 0.717) is 4.99 Å². The summed E-state index contributed by atoms with van der Waals surface area (Å²) in [7, 11) is 0. The van der Waals surface area contributed by atoms with E-state index in [9.17, 15) is 0 Å².